The largest absolute Gasteiger partial charge is 0.493 e. The molecule has 1 radical (unpaired) electrons. The van der Waals surface area contributed by atoms with E-state index in [0.717, 1.165) is 29.5 Å². The van der Waals surface area contributed by atoms with Gasteiger partial charge in [0.1, 0.15) is 22.2 Å². The van der Waals surface area contributed by atoms with Crippen LogP contribution in [0.2, 0.25) is 0 Å². The Balaban J connectivity index is 2.10. The fourth-order valence-electron chi connectivity index (χ4n) is 5.03. The van der Waals surface area contributed by atoms with Crippen molar-refractivity contribution in [3.05, 3.63) is 58.1 Å². The summed E-state index contributed by atoms with van der Waals surface area (Å²) in [7, 11) is -2.53. The van der Waals surface area contributed by atoms with Gasteiger partial charge in [0.2, 0.25) is 5.52 Å². The molecule has 0 N–H and O–H groups in total. The van der Waals surface area contributed by atoms with Crippen molar-refractivity contribution in [2.45, 2.75) is 84.7 Å². The number of carbonyl (C=O) groups is 2. The third-order valence-corrected chi connectivity index (χ3v) is 8.87. The summed E-state index contributed by atoms with van der Waals surface area (Å²) in [6, 6.07) is 9.25. The molecule has 2 aromatic carbocycles. The molecule has 0 heterocycles. The molecule has 189 valence electrons. The van der Waals surface area contributed by atoms with Gasteiger partial charge in [-0.15, -0.1) is 0 Å². The number of aryl methyl sites for hydroxylation is 2. The highest BCUT2D eigenvalue weighted by Crippen LogP contribution is 2.55. The summed E-state index contributed by atoms with van der Waals surface area (Å²) in [5.74, 6) is 0.513. The molecule has 0 spiro atoms. The minimum Gasteiger partial charge on any atom is -0.493 e. The zero-order chi connectivity index (χ0) is 26.0. The maximum absolute atomic E-state index is 14.2. The van der Waals surface area contributed by atoms with E-state index in [1.165, 1.54) is 0 Å². The lowest BCUT2D eigenvalue weighted by Gasteiger charge is -2.28. The fraction of sp³-hybridized carbons (Fsp3) is 0.517. The first-order chi connectivity index (χ1) is 16.5. The zero-order valence-electron chi connectivity index (χ0n) is 22.1. The van der Waals surface area contributed by atoms with Gasteiger partial charge >= 0.3 is 0 Å². The molecule has 1 aliphatic carbocycles. The summed E-state index contributed by atoms with van der Waals surface area (Å²) in [5.41, 5.74) is 2.99. The quantitative estimate of drug-likeness (QED) is 0.264. The van der Waals surface area contributed by atoms with Crippen LogP contribution in [0.1, 0.15) is 97.7 Å². The molecule has 35 heavy (non-hydrogen) atoms. The second kappa shape index (κ2) is 10.6. The molecule has 0 bridgehead atoms. The summed E-state index contributed by atoms with van der Waals surface area (Å²) in [6.45, 7) is 14.6. The van der Waals surface area contributed by atoms with Crippen LogP contribution in [0.4, 0.5) is 0 Å². The Kier molecular flexibility index (Phi) is 8.21. The van der Waals surface area contributed by atoms with Crippen LogP contribution in [-0.4, -0.2) is 29.7 Å². The van der Waals surface area contributed by atoms with E-state index in [2.05, 4.69) is 20.8 Å². The first-order valence-electron chi connectivity index (χ1n) is 12.5. The number of ether oxygens (including phenoxy) is 2. The van der Waals surface area contributed by atoms with Crippen molar-refractivity contribution >= 4 is 19.1 Å². The van der Waals surface area contributed by atoms with Gasteiger partial charge in [0.05, 0.1) is 13.2 Å². The molecule has 2 aromatic rings. The van der Waals surface area contributed by atoms with E-state index in [-0.39, 0.29) is 11.2 Å². The third kappa shape index (κ3) is 5.21. The Morgan fingerprint density at radius 2 is 1.40 bits per heavy atom. The number of hydrogen-bond donors (Lipinski definition) is 0. The SMILES string of the molecule is CCOc1cccc(OCC)c1C(=O)C1([P](=O)C(=O)c2c(C)cc(C(C)(C)C)cc2C)CCCC1. The molecule has 0 aliphatic heterocycles. The van der Waals surface area contributed by atoms with E-state index in [1.807, 2.05) is 39.8 Å². The van der Waals surface area contributed by atoms with Gasteiger partial charge in [-0.05, 0) is 74.8 Å². The first kappa shape index (κ1) is 27.1. The number of carbonyl (C=O) groups excluding carboxylic acids is 2. The Hall–Kier alpha value is -2.52. The number of benzene rings is 2. The summed E-state index contributed by atoms with van der Waals surface area (Å²) in [5, 5.41) is -1.26. The van der Waals surface area contributed by atoms with E-state index in [9.17, 15) is 14.2 Å². The minimum absolute atomic E-state index is 0.0688. The van der Waals surface area contributed by atoms with Gasteiger partial charge in [-0.25, -0.2) is 0 Å². The Morgan fingerprint density at radius 3 is 1.83 bits per heavy atom. The molecule has 1 aliphatic rings. The van der Waals surface area contributed by atoms with Crippen molar-refractivity contribution in [1.82, 2.24) is 0 Å². The van der Waals surface area contributed by atoms with Crippen LogP contribution in [0.25, 0.3) is 0 Å². The number of hydrogen-bond acceptors (Lipinski definition) is 5. The molecule has 1 unspecified atom stereocenters. The van der Waals surface area contributed by atoms with E-state index in [1.54, 1.807) is 18.2 Å². The normalized spacial score (nSPS) is 15.6. The molecule has 0 aromatic heterocycles. The van der Waals surface area contributed by atoms with E-state index in [4.69, 9.17) is 9.47 Å². The van der Waals surface area contributed by atoms with Crippen LogP contribution < -0.4 is 9.47 Å². The monoisotopic (exact) mass is 497 g/mol. The predicted octanol–water partition coefficient (Wildman–Crippen LogP) is 7.56. The number of rotatable bonds is 9. The zero-order valence-corrected chi connectivity index (χ0v) is 23.0. The van der Waals surface area contributed by atoms with Gasteiger partial charge in [-0.2, -0.15) is 0 Å². The standard InChI is InChI=1S/C29H38O5P/c1-8-33-22-13-12-14-23(34-9-2)25(22)26(30)29(15-10-11-16-29)35(32)27(31)24-19(3)17-21(18-20(24)4)28(5,6)7/h12-14,17-18H,8-11,15-16H2,1-7H3. The lowest BCUT2D eigenvalue weighted by Crippen LogP contribution is -2.34. The lowest BCUT2D eigenvalue weighted by molar-refractivity contribution is 0.0923. The van der Waals surface area contributed by atoms with E-state index >= 15 is 0 Å². The maximum Gasteiger partial charge on any atom is 0.243 e. The summed E-state index contributed by atoms with van der Waals surface area (Å²) in [4.78, 5) is 28.0. The molecule has 3 rings (SSSR count). The van der Waals surface area contributed by atoms with Crippen LogP contribution in [-0.2, 0) is 9.98 Å². The van der Waals surface area contributed by atoms with Crippen LogP contribution in [0.5, 0.6) is 11.5 Å². The van der Waals surface area contributed by atoms with Crippen LogP contribution in [0, 0.1) is 13.8 Å². The van der Waals surface area contributed by atoms with Crippen molar-refractivity contribution in [2.24, 2.45) is 0 Å². The summed E-state index contributed by atoms with van der Waals surface area (Å²) >= 11 is 0. The Bertz CT molecular complexity index is 1090. The minimum atomic E-state index is -2.53. The average molecular weight is 498 g/mol. The van der Waals surface area contributed by atoms with Crippen LogP contribution in [0.3, 0.4) is 0 Å². The number of ketones is 1. The van der Waals surface area contributed by atoms with Gasteiger partial charge < -0.3 is 9.47 Å². The maximum atomic E-state index is 14.2. The van der Waals surface area contributed by atoms with Crippen molar-refractivity contribution in [3.63, 3.8) is 0 Å². The second-order valence-electron chi connectivity index (χ2n) is 10.4. The first-order valence-corrected chi connectivity index (χ1v) is 13.8. The fourth-order valence-corrected chi connectivity index (χ4v) is 6.99. The molecule has 5 nitrogen and oxygen atoms in total. The van der Waals surface area contributed by atoms with Gasteiger partial charge in [0.15, 0.2) is 13.6 Å². The molecule has 6 heteroatoms. The van der Waals surface area contributed by atoms with Gasteiger partial charge in [-0.1, -0.05) is 51.8 Å². The predicted molar refractivity (Wildman–Crippen MR) is 141 cm³/mol. The molecular formula is C29H38O5P. The molecule has 1 atom stereocenters. The summed E-state index contributed by atoms with van der Waals surface area (Å²) in [6.07, 6.45) is 2.33. The van der Waals surface area contributed by atoms with Crippen molar-refractivity contribution < 1.29 is 23.6 Å². The topological polar surface area (TPSA) is 69.7 Å². The van der Waals surface area contributed by atoms with Gasteiger partial charge in [0, 0.05) is 5.56 Å². The Morgan fingerprint density at radius 1 is 0.914 bits per heavy atom. The Labute approximate surface area is 210 Å². The molecule has 0 amide bonds. The van der Waals surface area contributed by atoms with Crippen LogP contribution >= 0.6 is 7.80 Å². The highest BCUT2D eigenvalue weighted by molar-refractivity contribution is 7.67. The van der Waals surface area contributed by atoms with E-state index in [0.29, 0.717) is 48.7 Å². The summed E-state index contributed by atoms with van der Waals surface area (Å²) < 4.78 is 25.7. The lowest BCUT2D eigenvalue weighted by atomic mass is 9.84. The van der Waals surface area contributed by atoms with Gasteiger partial charge in [-0.3, -0.25) is 14.2 Å². The van der Waals surface area contributed by atoms with Crippen molar-refractivity contribution in [2.75, 3.05) is 13.2 Å². The smallest absolute Gasteiger partial charge is 0.243 e. The van der Waals surface area contributed by atoms with Crippen molar-refractivity contribution in [3.8, 4) is 11.5 Å². The second-order valence-corrected chi connectivity index (χ2v) is 12.2. The van der Waals surface area contributed by atoms with Crippen molar-refractivity contribution in [1.29, 1.82) is 0 Å². The molecule has 1 saturated carbocycles. The van der Waals surface area contributed by atoms with Gasteiger partial charge in [0.25, 0.3) is 0 Å². The van der Waals surface area contributed by atoms with Crippen LogP contribution in [0.15, 0.2) is 30.3 Å². The highest BCUT2D eigenvalue weighted by Gasteiger charge is 2.51. The van der Waals surface area contributed by atoms with E-state index < -0.39 is 18.5 Å². The molecule has 0 saturated heterocycles. The molecule has 1 fully saturated rings. The highest BCUT2D eigenvalue weighted by atomic mass is 31.1. The average Bonchev–Trinajstić information content (AvgIpc) is 3.29. The number of Topliss-reactive ketones (excluding diaryl/α,β-unsaturated/α-hetero) is 1. The molecular weight excluding hydrogens is 459 g/mol. The third-order valence-electron chi connectivity index (χ3n) is 6.85.